The molecule has 2 aromatic heterocycles. The Balaban J connectivity index is 1.75. The lowest BCUT2D eigenvalue weighted by Gasteiger charge is -2.23. The van der Waals surface area contributed by atoms with E-state index in [1.807, 2.05) is 6.92 Å². The van der Waals surface area contributed by atoms with Crippen LogP contribution in [0.25, 0.3) is 11.0 Å². The van der Waals surface area contributed by atoms with E-state index in [0.29, 0.717) is 23.3 Å². The summed E-state index contributed by atoms with van der Waals surface area (Å²) in [6.07, 6.45) is 0. The van der Waals surface area contributed by atoms with E-state index in [2.05, 4.69) is 15.6 Å². The smallest absolute Gasteiger partial charge is 0.274 e. The zero-order valence-corrected chi connectivity index (χ0v) is 16.7. The molecule has 0 bridgehead atoms. The summed E-state index contributed by atoms with van der Waals surface area (Å²) in [7, 11) is -4.07. The predicted octanol–water partition coefficient (Wildman–Crippen LogP) is 1.89. The molecule has 2 amide bonds. The standard InChI is InChI=1S/C18H16ClN5O4S/c1-9-8-21-18(26)14-6-10-2-4-12(22-16(10)24(9)14)17(25)23-13-7-11(19)3-5-15(13)29(20,27)28/h2-7,9H,8H2,1H3,(H,21,26)(H,23,25)(H2,20,27,28)/t9-/m1/s1. The second-order valence-electron chi connectivity index (χ2n) is 6.71. The molecule has 3 heterocycles. The minimum Gasteiger partial charge on any atom is -0.349 e. The van der Waals surface area contributed by atoms with E-state index >= 15 is 0 Å². The minimum atomic E-state index is -4.07. The summed E-state index contributed by atoms with van der Waals surface area (Å²) in [6, 6.07) is 8.73. The molecule has 1 atom stereocenters. The SMILES string of the molecule is C[C@@H]1CNC(=O)c2cc3ccc(C(=O)Nc4cc(Cl)ccc4S(N)(=O)=O)nc3n21. The lowest BCUT2D eigenvalue weighted by atomic mass is 10.2. The fraction of sp³-hybridized carbons (Fsp3) is 0.167. The van der Waals surface area contributed by atoms with Crippen molar-refractivity contribution in [3.8, 4) is 0 Å². The number of nitrogens with one attached hydrogen (secondary N) is 2. The molecule has 0 saturated carbocycles. The largest absolute Gasteiger partial charge is 0.349 e. The third-order valence-corrected chi connectivity index (χ3v) is 5.85. The first-order valence-corrected chi connectivity index (χ1v) is 10.5. The highest BCUT2D eigenvalue weighted by molar-refractivity contribution is 7.89. The number of rotatable bonds is 3. The highest BCUT2D eigenvalue weighted by Crippen LogP contribution is 2.27. The van der Waals surface area contributed by atoms with E-state index in [-0.39, 0.29) is 33.2 Å². The number of hydrogen-bond acceptors (Lipinski definition) is 5. The average Bonchev–Trinajstić information content (AvgIpc) is 3.03. The molecule has 1 aromatic carbocycles. The van der Waals surface area contributed by atoms with Crippen molar-refractivity contribution in [2.75, 3.05) is 11.9 Å². The Hall–Kier alpha value is -2.95. The van der Waals surface area contributed by atoms with Crippen molar-refractivity contribution in [2.24, 2.45) is 5.14 Å². The molecule has 0 saturated heterocycles. The molecule has 150 valence electrons. The fourth-order valence-corrected chi connectivity index (χ4v) is 4.15. The number of halogens is 1. The van der Waals surface area contributed by atoms with Gasteiger partial charge in [0, 0.05) is 17.0 Å². The van der Waals surface area contributed by atoms with Gasteiger partial charge in [-0.3, -0.25) is 9.59 Å². The van der Waals surface area contributed by atoms with Gasteiger partial charge in [-0.05, 0) is 43.3 Å². The van der Waals surface area contributed by atoms with E-state index in [4.69, 9.17) is 16.7 Å². The van der Waals surface area contributed by atoms with Gasteiger partial charge in [-0.25, -0.2) is 18.5 Å². The molecule has 0 spiro atoms. The summed E-state index contributed by atoms with van der Waals surface area (Å²) in [5.74, 6) is -0.841. The number of hydrogen-bond donors (Lipinski definition) is 3. The number of pyridine rings is 1. The first-order chi connectivity index (χ1) is 13.6. The zero-order valence-electron chi connectivity index (χ0n) is 15.1. The topological polar surface area (TPSA) is 136 Å². The maximum Gasteiger partial charge on any atom is 0.274 e. The molecule has 1 aliphatic heterocycles. The molecular weight excluding hydrogens is 418 g/mol. The zero-order chi connectivity index (χ0) is 20.9. The number of sulfonamides is 1. The first-order valence-electron chi connectivity index (χ1n) is 8.59. The van der Waals surface area contributed by atoms with Gasteiger partial charge >= 0.3 is 0 Å². The molecule has 0 unspecified atom stereocenters. The van der Waals surface area contributed by atoms with Crippen molar-refractivity contribution in [3.05, 3.63) is 52.8 Å². The lowest BCUT2D eigenvalue weighted by molar-refractivity contribution is 0.0918. The van der Waals surface area contributed by atoms with Crippen LogP contribution in [0.1, 0.15) is 33.9 Å². The van der Waals surface area contributed by atoms with Crippen LogP contribution < -0.4 is 15.8 Å². The third-order valence-electron chi connectivity index (χ3n) is 4.65. The van der Waals surface area contributed by atoms with Crippen LogP contribution in [0.2, 0.25) is 5.02 Å². The second kappa shape index (κ2) is 6.83. The summed E-state index contributed by atoms with van der Waals surface area (Å²) in [6.45, 7) is 2.38. The molecule has 29 heavy (non-hydrogen) atoms. The van der Waals surface area contributed by atoms with Crippen LogP contribution in [0, 0.1) is 0 Å². The fourth-order valence-electron chi connectivity index (χ4n) is 3.30. The summed E-state index contributed by atoms with van der Waals surface area (Å²) >= 11 is 5.93. The number of carbonyl (C=O) groups excluding carboxylic acids is 2. The van der Waals surface area contributed by atoms with Gasteiger partial charge in [-0.15, -0.1) is 0 Å². The van der Waals surface area contributed by atoms with Crippen LogP contribution in [-0.2, 0) is 10.0 Å². The Morgan fingerprint density at radius 1 is 1.31 bits per heavy atom. The molecule has 9 nitrogen and oxygen atoms in total. The first kappa shape index (κ1) is 19.4. The number of anilines is 1. The average molecular weight is 434 g/mol. The molecular formula is C18H16ClN5O4S. The molecule has 3 aromatic rings. The number of nitrogens with zero attached hydrogens (tertiary/aromatic N) is 2. The summed E-state index contributed by atoms with van der Waals surface area (Å²) in [4.78, 5) is 29.0. The van der Waals surface area contributed by atoms with E-state index < -0.39 is 15.9 Å². The Morgan fingerprint density at radius 3 is 2.79 bits per heavy atom. The van der Waals surface area contributed by atoms with Crippen molar-refractivity contribution in [1.29, 1.82) is 0 Å². The summed E-state index contributed by atoms with van der Waals surface area (Å²) in [5.41, 5.74) is 0.969. The minimum absolute atomic E-state index is 0.0343. The second-order valence-corrected chi connectivity index (χ2v) is 8.67. The van der Waals surface area contributed by atoms with E-state index in [0.717, 1.165) is 0 Å². The van der Waals surface area contributed by atoms with Gasteiger partial charge in [0.05, 0.1) is 11.7 Å². The van der Waals surface area contributed by atoms with Gasteiger partial charge in [0.25, 0.3) is 11.8 Å². The van der Waals surface area contributed by atoms with Gasteiger partial charge in [0.15, 0.2) is 0 Å². The number of primary sulfonamides is 1. The van der Waals surface area contributed by atoms with Crippen LogP contribution in [0.4, 0.5) is 5.69 Å². The van der Waals surface area contributed by atoms with Crippen LogP contribution in [0.15, 0.2) is 41.3 Å². The highest BCUT2D eigenvalue weighted by atomic mass is 35.5. The number of aromatic nitrogens is 2. The number of fused-ring (bicyclic) bond motifs is 3. The van der Waals surface area contributed by atoms with Crippen molar-refractivity contribution in [2.45, 2.75) is 17.9 Å². The van der Waals surface area contributed by atoms with Crippen molar-refractivity contribution < 1.29 is 18.0 Å². The number of carbonyl (C=O) groups is 2. The molecule has 0 aliphatic carbocycles. The number of benzene rings is 1. The third kappa shape index (κ3) is 3.46. The van der Waals surface area contributed by atoms with Crippen LogP contribution in [-0.4, -0.2) is 36.3 Å². The van der Waals surface area contributed by atoms with Crippen LogP contribution in [0.3, 0.4) is 0 Å². The molecule has 11 heteroatoms. The van der Waals surface area contributed by atoms with Gasteiger partial charge < -0.3 is 15.2 Å². The Labute approximate surface area is 170 Å². The molecule has 1 aliphatic rings. The number of nitrogens with two attached hydrogens (primary N) is 1. The van der Waals surface area contributed by atoms with Crippen molar-refractivity contribution in [1.82, 2.24) is 14.9 Å². The molecule has 0 fully saturated rings. The summed E-state index contributed by atoms with van der Waals surface area (Å²) in [5, 5.41) is 11.5. The van der Waals surface area contributed by atoms with Crippen molar-refractivity contribution >= 4 is 50.2 Å². The normalized spacial score (nSPS) is 16.4. The maximum atomic E-state index is 12.7. The number of amides is 2. The predicted molar refractivity (Wildman–Crippen MR) is 108 cm³/mol. The van der Waals surface area contributed by atoms with Gasteiger partial charge in [0.1, 0.15) is 21.9 Å². The highest BCUT2D eigenvalue weighted by Gasteiger charge is 2.26. The monoisotopic (exact) mass is 433 g/mol. The molecule has 0 radical (unpaired) electrons. The van der Waals surface area contributed by atoms with E-state index in [1.165, 1.54) is 24.3 Å². The Morgan fingerprint density at radius 2 is 2.07 bits per heavy atom. The van der Waals surface area contributed by atoms with E-state index in [9.17, 15) is 18.0 Å². The van der Waals surface area contributed by atoms with Gasteiger partial charge in [-0.2, -0.15) is 0 Å². The van der Waals surface area contributed by atoms with Crippen LogP contribution >= 0.6 is 11.6 Å². The Kier molecular flexibility index (Phi) is 4.56. The van der Waals surface area contributed by atoms with Crippen LogP contribution in [0.5, 0.6) is 0 Å². The van der Waals surface area contributed by atoms with Gasteiger partial charge in [0.2, 0.25) is 10.0 Å². The van der Waals surface area contributed by atoms with Crippen molar-refractivity contribution in [3.63, 3.8) is 0 Å². The molecule has 4 rings (SSSR count). The maximum absolute atomic E-state index is 12.7. The van der Waals surface area contributed by atoms with E-state index in [1.54, 1.807) is 16.7 Å². The lowest BCUT2D eigenvalue weighted by Crippen LogP contribution is -2.37. The summed E-state index contributed by atoms with van der Waals surface area (Å²) < 4.78 is 25.3. The quantitative estimate of drug-likeness (QED) is 0.579. The molecule has 4 N–H and O–H groups in total. The van der Waals surface area contributed by atoms with Gasteiger partial charge in [-0.1, -0.05) is 11.6 Å². The Bertz CT molecular complexity index is 1280.